The summed E-state index contributed by atoms with van der Waals surface area (Å²) < 4.78 is 0. The van der Waals surface area contributed by atoms with Crippen molar-refractivity contribution in [2.45, 2.75) is 6.92 Å². The Morgan fingerprint density at radius 3 is 2.08 bits per heavy atom. The number of nitrogens with two attached hydrogens (primary N) is 1. The number of phenolic OH excluding ortho intramolecular Hbond substituents is 1. The lowest BCUT2D eigenvalue weighted by atomic mass is 10.0. The summed E-state index contributed by atoms with van der Waals surface area (Å²) in [7, 11) is 0. The van der Waals surface area contributed by atoms with Crippen LogP contribution >= 0.6 is 0 Å². The van der Waals surface area contributed by atoms with Crippen LogP contribution < -0.4 is 5.73 Å². The Bertz CT molecular complexity index is 1060. The molecule has 0 unspecified atom stereocenters. The Morgan fingerprint density at radius 1 is 0.800 bits per heavy atom. The van der Waals surface area contributed by atoms with Gasteiger partial charge in [-0.05, 0) is 31.2 Å². The first-order valence-electron chi connectivity index (χ1n) is 7.76. The molecule has 25 heavy (non-hydrogen) atoms. The van der Waals surface area contributed by atoms with E-state index < -0.39 is 0 Å². The predicted octanol–water partition coefficient (Wildman–Crippen LogP) is 3.35. The second-order valence-corrected chi connectivity index (χ2v) is 5.76. The van der Waals surface area contributed by atoms with Crippen molar-refractivity contribution in [3.05, 3.63) is 60.4 Å². The maximum absolute atomic E-state index is 9.56. The first kappa shape index (κ1) is 15.0. The number of hydrogen-bond donors (Lipinski definition) is 2. The molecule has 6 nitrogen and oxygen atoms in total. The van der Waals surface area contributed by atoms with E-state index >= 15 is 0 Å². The van der Waals surface area contributed by atoms with Crippen molar-refractivity contribution >= 4 is 17.0 Å². The molecule has 2 aromatic heterocycles. The number of nitrogen functional groups attached to an aromatic ring is 1. The zero-order chi connectivity index (χ0) is 17.4. The highest BCUT2D eigenvalue weighted by molar-refractivity contribution is 5.88. The van der Waals surface area contributed by atoms with Gasteiger partial charge in [-0.15, -0.1) is 0 Å². The number of anilines is 1. The fourth-order valence-corrected chi connectivity index (χ4v) is 2.63. The van der Waals surface area contributed by atoms with Crippen molar-refractivity contribution < 1.29 is 5.11 Å². The lowest BCUT2D eigenvalue weighted by Crippen LogP contribution is -2.01. The van der Waals surface area contributed by atoms with Crippen molar-refractivity contribution in [3.8, 4) is 28.3 Å². The molecule has 2 aromatic carbocycles. The van der Waals surface area contributed by atoms with Gasteiger partial charge in [0.15, 0.2) is 17.0 Å². The molecule has 4 aromatic rings. The highest BCUT2D eigenvalue weighted by atomic mass is 16.3. The van der Waals surface area contributed by atoms with Crippen LogP contribution in [-0.2, 0) is 0 Å². The van der Waals surface area contributed by atoms with E-state index in [9.17, 15) is 5.11 Å². The van der Waals surface area contributed by atoms with Crippen LogP contribution in [0.15, 0.2) is 54.9 Å². The van der Waals surface area contributed by atoms with Gasteiger partial charge in [-0.2, -0.15) is 0 Å². The SMILES string of the molecule is Cc1ccc(-c2nc3ncnc(N)c3nc2-c2ccc(O)cc2)cc1. The third-order valence-corrected chi connectivity index (χ3v) is 3.96. The molecule has 6 heteroatoms. The molecule has 0 aliphatic carbocycles. The molecule has 0 atom stereocenters. The molecule has 0 radical (unpaired) electrons. The summed E-state index contributed by atoms with van der Waals surface area (Å²) in [6.07, 6.45) is 1.38. The molecule has 0 amide bonds. The van der Waals surface area contributed by atoms with Crippen LogP contribution in [0, 0.1) is 6.92 Å². The summed E-state index contributed by atoms with van der Waals surface area (Å²) in [5.41, 5.74) is 11.1. The Hall–Kier alpha value is -3.54. The van der Waals surface area contributed by atoms with Gasteiger partial charge < -0.3 is 10.8 Å². The fraction of sp³-hybridized carbons (Fsp3) is 0.0526. The number of aromatic nitrogens is 4. The average Bonchev–Trinajstić information content (AvgIpc) is 2.63. The van der Waals surface area contributed by atoms with Crippen molar-refractivity contribution in [2.24, 2.45) is 0 Å². The zero-order valence-electron chi connectivity index (χ0n) is 13.5. The molecule has 0 spiro atoms. The molecular formula is C19H15N5O. The Morgan fingerprint density at radius 2 is 1.40 bits per heavy atom. The minimum absolute atomic E-state index is 0.192. The van der Waals surface area contributed by atoms with Gasteiger partial charge in [0.1, 0.15) is 12.1 Å². The standard InChI is InChI=1S/C19H15N5O/c1-11-2-4-12(5-3-11)16-15(13-6-8-14(25)9-7-13)23-17-18(20)21-10-22-19(17)24-16/h2-10,25H,1H3,(H2,20,21,22,24). The van der Waals surface area contributed by atoms with Gasteiger partial charge in [-0.25, -0.2) is 19.9 Å². The highest BCUT2D eigenvalue weighted by Gasteiger charge is 2.15. The van der Waals surface area contributed by atoms with Gasteiger partial charge in [0, 0.05) is 11.1 Å². The van der Waals surface area contributed by atoms with Gasteiger partial charge in [-0.3, -0.25) is 0 Å². The first-order valence-corrected chi connectivity index (χ1v) is 7.76. The Balaban J connectivity index is 2.03. The van der Waals surface area contributed by atoms with Crippen molar-refractivity contribution in [1.29, 1.82) is 0 Å². The van der Waals surface area contributed by atoms with E-state index in [1.165, 1.54) is 6.33 Å². The van der Waals surface area contributed by atoms with E-state index in [1.807, 2.05) is 31.2 Å². The average molecular weight is 329 g/mol. The van der Waals surface area contributed by atoms with E-state index in [0.717, 1.165) is 16.7 Å². The molecule has 0 aliphatic heterocycles. The minimum atomic E-state index is 0.192. The predicted molar refractivity (Wildman–Crippen MR) is 96.8 cm³/mol. The maximum atomic E-state index is 9.56. The smallest absolute Gasteiger partial charge is 0.184 e. The van der Waals surface area contributed by atoms with E-state index in [-0.39, 0.29) is 11.6 Å². The van der Waals surface area contributed by atoms with Gasteiger partial charge in [0.25, 0.3) is 0 Å². The minimum Gasteiger partial charge on any atom is -0.508 e. The number of hydrogen-bond acceptors (Lipinski definition) is 6. The molecule has 0 saturated heterocycles. The summed E-state index contributed by atoms with van der Waals surface area (Å²) in [5.74, 6) is 0.477. The number of fused-ring (bicyclic) bond motifs is 1. The number of benzene rings is 2. The number of phenols is 1. The van der Waals surface area contributed by atoms with Crippen LogP contribution in [0.3, 0.4) is 0 Å². The molecule has 4 rings (SSSR count). The lowest BCUT2D eigenvalue weighted by molar-refractivity contribution is 0.475. The highest BCUT2D eigenvalue weighted by Crippen LogP contribution is 2.32. The van der Waals surface area contributed by atoms with Crippen LogP contribution in [0.4, 0.5) is 5.82 Å². The van der Waals surface area contributed by atoms with Crippen molar-refractivity contribution in [2.75, 3.05) is 5.73 Å². The molecule has 0 saturated carbocycles. The Kier molecular flexibility index (Phi) is 3.50. The van der Waals surface area contributed by atoms with Crippen molar-refractivity contribution in [3.63, 3.8) is 0 Å². The second-order valence-electron chi connectivity index (χ2n) is 5.76. The summed E-state index contributed by atoms with van der Waals surface area (Å²) in [5, 5.41) is 9.56. The number of aryl methyl sites for hydroxylation is 1. The van der Waals surface area contributed by atoms with Gasteiger partial charge in [0.05, 0.1) is 11.4 Å². The van der Waals surface area contributed by atoms with Crippen LogP contribution in [0.1, 0.15) is 5.56 Å². The van der Waals surface area contributed by atoms with Crippen LogP contribution in [0.25, 0.3) is 33.7 Å². The fourth-order valence-electron chi connectivity index (χ4n) is 2.63. The molecule has 0 bridgehead atoms. The number of rotatable bonds is 2. The topological polar surface area (TPSA) is 97.8 Å². The number of aromatic hydroxyl groups is 1. The first-order chi connectivity index (χ1) is 12.1. The molecule has 0 fully saturated rings. The van der Waals surface area contributed by atoms with Gasteiger partial charge in [-0.1, -0.05) is 29.8 Å². The van der Waals surface area contributed by atoms with E-state index in [4.69, 9.17) is 5.73 Å². The quantitative estimate of drug-likeness (QED) is 0.585. The third kappa shape index (κ3) is 2.74. The summed E-state index contributed by atoms with van der Waals surface area (Å²) in [6, 6.07) is 14.9. The van der Waals surface area contributed by atoms with Crippen molar-refractivity contribution in [1.82, 2.24) is 19.9 Å². The Labute approximate surface area is 144 Å². The molecule has 2 heterocycles. The summed E-state index contributed by atoms with van der Waals surface area (Å²) >= 11 is 0. The second kappa shape index (κ2) is 5.83. The molecule has 3 N–H and O–H groups in total. The monoisotopic (exact) mass is 329 g/mol. The number of nitrogens with zero attached hydrogens (tertiary/aromatic N) is 4. The molecule has 0 aliphatic rings. The molecule has 122 valence electrons. The van der Waals surface area contributed by atoms with E-state index in [2.05, 4.69) is 19.9 Å². The maximum Gasteiger partial charge on any atom is 0.184 e. The lowest BCUT2D eigenvalue weighted by Gasteiger charge is -2.11. The zero-order valence-corrected chi connectivity index (χ0v) is 13.5. The van der Waals surface area contributed by atoms with Gasteiger partial charge in [0.2, 0.25) is 0 Å². The molecular weight excluding hydrogens is 314 g/mol. The third-order valence-electron chi connectivity index (χ3n) is 3.96. The normalized spacial score (nSPS) is 10.9. The van der Waals surface area contributed by atoms with Crippen LogP contribution in [0.5, 0.6) is 5.75 Å². The van der Waals surface area contributed by atoms with Crippen LogP contribution in [0.2, 0.25) is 0 Å². The van der Waals surface area contributed by atoms with E-state index in [1.54, 1.807) is 24.3 Å². The largest absolute Gasteiger partial charge is 0.508 e. The summed E-state index contributed by atoms with van der Waals surface area (Å²) in [6.45, 7) is 2.03. The van der Waals surface area contributed by atoms with E-state index in [0.29, 0.717) is 22.6 Å². The van der Waals surface area contributed by atoms with Crippen LogP contribution in [-0.4, -0.2) is 25.0 Å². The van der Waals surface area contributed by atoms with Gasteiger partial charge >= 0.3 is 0 Å². The summed E-state index contributed by atoms with van der Waals surface area (Å²) in [4.78, 5) is 17.5.